The molecule has 1 heterocycles. The first-order valence-electron chi connectivity index (χ1n) is 5.99. The van der Waals surface area contributed by atoms with Crippen LogP contribution in [-0.4, -0.2) is 10.5 Å². The molecule has 1 fully saturated rings. The normalized spacial score (nSPS) is 30.3. The van der Waals surface area contributed by atoms with Crippen LogP contribution in [0.25, 0.3) is 0 Å². The number of nitrogens with two attached hydrogens (primary N) is 1. The first-order valence-corrected chi connectivity index (χ1v) is 6.79. The lowest BCUT2D eigenvalue weighted by molar-refractivity contribution is 0.202. The number of rotatable bonds is 2. The second kappa shape index (κ2) is 4.84. The molecule has 0 aromatic carbocycles. The summed E-state index contributed by atoms with van der Waals surface area (Å²) in [6.45, 7) is 2.28. The van der Waals surface area contributed by atoms with Gasteiger partial charge in [-0.1, -0.05) is 19.8 Å². The van der Waals surface area contributed by atoms with Gasteiger partial charge in [0.15, 0.2) is 0 Å². The van der Waals surface area contributed by atoms with E-state index in [2.05, 4.69) is 33.9 Å². The van der Waals surface area contributed by atoms with Crippen LogP contribution >= 0.6 is 15.9 Å². The average Bonchev–Trinajstić information content (AvgIpc) is 2.26. The summed E-state index contributed by atoms with van der Waals surface area (Å²) in [6.07, 6.45) is 7.73. The van der Waals surface area contributed by atoms with Gasteiger partial charge in [0, 0.05) is 28.3 Å². The second-order valence-electron chi connectivity index (χ2n) is 5.02. The summed E-state index contributed by atoms with van der Waals surface area (Å²) < 4.78 is 1.03. The third-order valence-corrected chi connectivity index (χ3v) is 4.28. The van der Waals surface area contributed by atoms with Crippen LogP contribution in [0.1, 0.15) is 38.3 Å². The molecule has 1 saturated carbocycles. The molecule has 2 unspecified atom stereocenters. The van der Waals surface area contributed by atoms with Crippen LogP contribution in [0.5, 0.6) is 0 Å². The first-order chi connectivity index (χ1) is 7.60. The Bertz CT molecular complexity index is 349. The van der Waals surface area contributed by atoms with Crippen molar-refractivity contribution in [3.8, 4) is 0 Å². The molecule has 2 rings (SSSR count). The largest absolute Gasteiger partial charge is 0.325 e. The van der Waals surface area contributed by atoms with Crippen molar-refractivity contribution < 1.29 is 0 Å². The monoisotopic (exact) mass is 282 g/mol. The number of hydrogen-bond acceptors (Lipinski definition) is 2. The fourth-order valence-corrected chi connectivity index (χ4v) is 2.78. The lowest BCUT2D eigenvalue weighted by atomic mass is 9.72. The maximum Gasteiger partial charge on any atom is 0.0422 e. The van der Waals surface area contributed by atoms with Crippen LogP contribution in [0, 0.1) is 5.92 Å². The molecular formula is C13H19BrN2. The van der Waals surface area contributed by atoms with E-state index >= 15 is 0 Å². The van der Waals surface area contributed by atoms with Crippen molar-refractivity contribution in [3.63, 3.8) is 0 Å². The van der Waals surface area contributed by atoms with Crippen LogP contribution in [-0.2, 0) is 6.42 Å². The summed E-state index contributed by atoms with van der Waals surface area (Å²) in [6, 6.07) is 4.11. The predicted octanol–water partition coefficient (Wildman–Crippen LogP) is 3.29. The average molecular weight is 283 g/mol. The van der Waals surface area contributed by atoms with Crippen molar-refractivity contribution in [1.82, 2.24) is 4.98 Å². The molecule has 0 spiro atoms. The van der Waals surface area contributed by atoms with Crippen molar-refractivity contribution in [2.75, 3.05) is 0 Å². The minimum Gasteiger partial charge on any atom is -0.325 e. The molecule has 88 valence electrons. The Labute approximate surface area is 106 Å². The van der Waals surface area contributed by atoms with Crippen LogP contribution in [0.15, 0.2) is 22.8 Å². The molecule has 0 bridgehead atoms. The zero-order chi connectivity index (χ0) is 11.6. The van der Waals surface area contributed by atoms with Gasteiger partial charge >= 0.3 is 0 Å². The van der Waals surface area contributed by atoms with Gasteiger partial charge in [0.2, 0.25) is 0 Å². The third kappa shape index (κ3) is 2.64. The van der Waals surface area contributed by atoms with Crippen LogP contribution in [0.2, 0.25) is 0 Å². The minimum absolute atomic E-state index is 0.0426. The quantitative estimate of drug-likeness (QED) is 0.904. The molecule has 2 N–H and O–H groups in total. The van der Waals surface area contributed by atoms with E-state index in [0.717, 1.165) is 23.0 Å². The summed E-state index contributed by atoms with van der Waals surface area (Å²) >= 11 is 3.40. The number of hydrogen-bond donors (Lipinski definition) is 1. The number of aromatic nitrogens is 1. The zero-order valence-corrected chi connectivity index (χ0v) is 11.3. The van der Waals surface area contributed by atoms with Gasteiger partial charge in [-0.3, -0.25) is 4.98 Å². The van der Waals surface area contributed by atoms with Crippen molar-refractivity contribution in [2.24, 2.45) is 11.7 Å². The maximum atomic E-state index is 6.52. The van der Waals surface area contributed by atoms with Crippen LogP contribution < -0.4 is 5.73 Å². The highest BCUT2D eigenvalue weighted by Crippen LogP contribution is 2.33. The van der Waals surface area contributed by atoms with E-state index in [1.807, 2.05) is 12.3 Å². The number of nitrogens with zero attached hydrogens (tertiary/aromatic N) is 1. The van der Waals surface area contributed by atoms with Gasteiger partial charge in [0.05, 0.1) is 0 Å². The minimum atomic E-state index is -0.0426. The summed E-state index contributed by atoms with van der Waals surface area (Å²) in [5, 5.41) is 0. The van der Waals surface area contributed by atoms with Crippen LogP contribution in [0.4, 0.5) is 0 Å². The summed E-state index contributed by atoms with van der Waals surface area (Å²) in [4.78, 5) is 4.43. The standard InChI is InChI=1S/C13H19BrN2/c1-10-4-2-3-7-13(10,15)8-12-6-5-11(14)9-16-12/h5-6,9-10H,2-4,7-8,15H2,1H3. The molecule has 0 saturated heterocycles. The second-order valence-corrected chi connectivity index (χ2v) is 5.94. The lowest BCUT2D eigenvalue weighted by Crippen LogP contribution is -2.50. The number of halogens is 1. The molecular weight excluding hydrogens is 264 g/mol. The summed E-state index contributed by atoms with van der Waals surface area (Å²) in [5.41, 5.74) is 7.59. The van der Waals surface area contributed by atoms with Crippen molar-refractivity contribution in [1.29, 1.82) is 0 Å². The number of pyridine rings is 1. The van der Waals surface area contributed by atoms with Crippen molar-refractivity contribution in [3.05, 3.63) is 28.5 Å². The molecule has 0 radical (unpaired) electrons. The predicted molar refractivity (Wildman–Crippen MR) is 70.2 cm³/mol. The fraction of sp³-hybridized carbons (Fsp3) is 0.615. The Morgan fingerprint density at radius 2 is 2.31 bits per heavy atom. The van der Waals surface area contributed by atoms with E-state index in [4.69, 9.17) is 5.73 Å². The molecule has 1 aromatic rings. The molecule has 2 nitrogen and oxygen atoms in total. The van der Waals surface area contributed by atoms with Gasteiger partial charge in [-0.15, -0.1) is 0 Å². The van der Waals surface area contributed by atoms with E-state index in [1.54, 1.807) is 0 Å². The topological polar surface area (TPSA) is 38.9 Å². The maximum absolute atomic E-state index is 6.52. The Morgan fingerprint density at radius 1 is 1.50 bits per heavy atom. The van der Waals surface area contributed by atoms with E-state index in [9.17, 15) is 0 Å². The van der Waals surface area contributed by atoms with Gasteiger partial charge in [-0.25, -0.2) is 0 Å². The molecule has 0 amide bonds. The van der Waals surface area contributed by atoms with E-state index in [-0.39, 0.29) is 5.54 Å². The molecule has 1 aliphatic carbocycles. The Morgan fingerprint density at radius 3 is 2.94 bits per heavy atom. The van der Waals surface area contributed by atoms with Crippen LogP contribution in [0.3, 0.4) is 0 Å². The first kappa shape index (κ1) is 12.1. The van der Waals surface area contributed by atoms with Gasteiger partial charge in [-0.2, -0.15) is 0 Å². The van der Waals surface area contributed by atoms with E-state index in [1.165, 1.54) is 19.3 Å². The lowest BCUT2D eigenvalue weighted by Gasteiger charge is -2.39. The smallest absolute Gasteiger partial charge is 0.0422 e. The van der Waals surface area contributed by atoms with Crippen molar-refractivity contribution >= 4 is 15.9 Å². The van der Waals surface area contributed by atoms with E-state index in [0.29, 0.717) is 5.92 Å². The highest BCUT2D eigenvalue weighted by Gasteiger charge is 2.34. The fourth-order valence-electron chi connectivity index (χ4n) is 2.55. The summed E-state index contributed by atoms with van der Waals surface area (Å²) in [7, 11) is 0. The highest BCUT2D eigenvalue weighted by molar-refractivity contribution is 9.10. The molecule has 3 heteroatoms. The molecule has 16 heavy (non-hydrogen) atoms. The molecule has 0 aliphatic heterocycles. The van der Waals surface area contributed by atoms with Crippen molar-refractivity contribution in [2.45, 2.75) is 44.6 Å². The molecule has 1 aliphatic rings. The van der Waals surface area contributed by atoms with Gasteiger partial charge in [0.25, 0.3) is 0 Å². The third-order valence-electron chi connectivity index (χ3n) is 3.81. The molecule has 1 aromatic heterocycles. The van der Waals surface area contributed by atoms with Gasteiger partial charge < -0.3 is 5.73 Å². The Balaban J connectivity index is 2.10. The Hall–Kier alpha value is -0.410. The summed E-state index contributed by atoms with van der Waals surface area (Å²) in [5.74, 6) is 0.603. The van der Waals surface area contributed by atoms with E-state index < -0.39 is 0 Å². The Kier molecular flexibility index (Phi) is 3.65. The molecule has 2 atom stereocenters. The SMILES string of the molecule is CC1CCCCC1(N)Cc1ccc(Br)cn1. The van der Waals surface area contributed by atoms with Gasteiger partial charge in [0.1, 0.15) is 0 Å². The zero-order valence-electron chi connectivity index (χ0n) is 9.75. The van der Waals surface area contributed by atoms with Gasteiger partial charge in [-0.05, 0) is 46.8 Å². The highest BCUT2D eigenvalue weighted by atomic mass is 79.9.